The van der Waals surface area contributed by atoms with Crippen LogP contribution in [0.5, 0.6) is 0 Å². The van der Waals surface area contributed by atoms with E-state index < -0.39 is 18.3 Å². The van der Waals surface area contributed by atoms with Crippen molar-refractivity contribution in [2.24, 2.45) is 0 Å². The lowest BCUT2D eigenvalue weighted by Crippen LogP contribution is -2.46. The summed E-state index contributed by atoms with van der Waals surface area (Å²) in [5.74, 6) is 0. The molecule has 6 heteroatoms. The molecule has 1 N–H and O–H groups in total. The van der Waals surface area contributed by atoms with E-state index in [1.54, 1.807) is 35.6 Å². The van der Waals surface area contributed by atoms with Crippen molar-refractivity contribution < 1.29 is 22.7 Å². The van der Waals surface area contributed by atoms with Gasteiger partial charge in [0.1, 0.15) is 6.04 Å². The van der Waals surface area contributed by atoms with E-state index in [-0.39, 0.29) is 6.42 Å². The lowest BCUT2D eigenvalue weighted by molar-refractivity contribution is -0.153. The van der Waals surface area contributed by atoms with E-state index >= 15 is 0 Å². The number of halogens is 3. The minimum Gasteiger partial charge on any atom is -0.453 e. The standard InChI is InChI=1S/C11H12F3NO2/c1-17-10(16)15-9(11(12,13)14)7-8-5-3-2-4-6-8/h2-6,9H,7H2,1H3,(H,15,16). The van der Waals surface area contributed by atoms with Gasteiger partial charge in [-0.2, -0.15) is 13.2 Å². The Balaban J connectivity index is 2.75. The van der Waals surface area contributed by atoms with Crippen molar-refractivity contribution in [1.82, 2.24) is 5.32 Å². The van der Waals surface area contributed by atoms with Gasteiger partial charge in [-0.15, -0.1) is 0 Å². The number of amides is 1. The first-order chi connectivity index (χ1) is 7.93. The number of alkyl carbamates (subject to hydrolysis) is 1. The van der Waals surface area contributed by atoms with Crippen LogP contribution in [-0.2, 0) is 11.2 Å². The highest BCUT2D eigenvalue weighted by Gasteiger charge is 2.40. The molecule has 0 aliphatic carbocycles. The molecule has 0 heterocycles. The number of rotatable bonds is 3. The minimum absolute atomic E-state index is 0.320. The highest BCUT2D eigenvalue weighted by atomic mass is 19.4. The van der Waals surface area contributed by atoms with Gasteiger partial charge in [0.15, 0.2) is 0 Å². The number of hydrogen-bond donors (Lipinski definition) is 1. The third-order valence-corrected chi connectivity index (χ3v) is 2.16. The molecule has 0 aliphatic heterocycles. The molecule has 1 rings (SSSR count). The first-order valence-electron chi connectivity index (χ1n) is 4.88. The maximum Gasteiger partial charge on any atom is 0.409 e. The van der Waals surface area contributed by atoms with Crippen LogP contribution in [0.15, 0.2) is 30.3 Å². The molecule has 0 fully saturated rings. The van der Waals surface area contributed by atoms with Crippen LogP contribution in [-0.4, -0.2) is 25.4 Å². The number of methoxy groups -OCH3 is 1. The molecule has 94 valence electrons. The summed E-state index contributed by atoms with van der Waals surface area (Å²) in [5, 5.41) is 1.77. The number of nitrogens with one attached hydrogen (secondary N) is 1. The normalized spacial score (nSPS) is 12.9. The second kappa shape index (κ2) is 5.56. The van der Waals surface area contributed by atoms with Crippen LogP contribution in [0.1, 0.15) is 5.56 Å². The molecule has 0 radical (unpaired) electrons. The minimum atomic E-state index is -4.51. The van der Waals surface area contributed by atoms with E-state index in [2.05, 4.69) is 4.74 Å². The summed E-state index contributed by atoms with van der Waals surface area (Å²) in [4.78, 5) is 10.8. The summed E-state index contributed by atoms with van der Waals surface area (Å²) in [7, 11) is 1.02. The largest absolute Gasteiger partial charge is 0.453 e. The fourth-order valence-corrected chi connectivity index (χ4v) is 1.30. The Hall–Kier alpha value is -1.72. The van der Waals surface area contributed by atoms with Crippen LogP contribution in [0.3, 0.4) is 0 Å². The van der Waals surface area contributed by atoms with Gasteiger partial charge in [-0.3, -0.25) is 0 Å². The van der Waals surface area contributed by atoms with Crippen LogP contribution in [0, 0.1) is 0 Å². The predicted octanol–water partition coefficient (Wildman–Crippen LogP) is 2.52. The van der Waals surface area contributed by atoms with Crippen molar-refractivity contribution in [2.45, 2.75) is 18.6 Å². The van der Waals surface area contributed by atoms with Crippen molar-refractivity contribution in [2.75, 3.05) is 7.11 Å². The van der Waals surface area contributed by atoms with Crippen LogP contribution >= 0.6 is 0 Å². The van der Waals surface area contributed by atoms with Gasteiger partial charge in [-0.1, -0.05) is 30.3 Å². The average Bonchev–Trinajstić information content (AvgIpc) is 2.28. The first-order valence-corrected chi connectivity index (χ1v) is 4.88. The Bertz CT molecular complexity index is 365. The van der Waals surface area contributed by atoms with Crippen molar-refractivity contribution in [3.8, 4) is 0 Å². The zero-order valence-corrected chi connectivity index (χ0v) is 9.12. The monoisotopic (exact) mass is 247 g/mol. The molecular formula is C11H12F3NO2. The Morgan fingerprint density at radius 3 is 2.41 bits per heavy atom. The molecule has 1 amide bonds. The van der Waals surface area contributed by atoms with Crippen LogP contribution in [0.25, 0.3) is 0 Å². The van der Waals surface area contributed by atoms with E-state index in [9.17, 15) is 18.0 Å². The van der Waals surface area contributed by atoms with E-state index in [0.29, 0.717) is 5.56 Å². The summed E-state index contributed by atoms with van der Waals surface area (Å²) in [6.45, 7) is 0. The highest BCUT2D eigenvalue weighted by Crippen LogP contribution is 2.23. The number of carbonyl (C=O) groups is 1. The second-order valence-corrected chi connectivity index (χ2v) is 3.42. The van der Waals surface area contributed by atoms with Gasteiger partial charge < -0.3 is 10.1 Å². The molecule has 0 saturated heterocycles. The molecule has 0 bridgehead atoms. The van der Waals surface area contributed by atoms with Crippen LogP contribution in [0.2, 0.25) is 0 Å². The third kappa shape index (κ3) is 4.34. The first kappa shape index (κ1) is 13.3. The summed E-state index contributed by atoms with van der Waals surface area (Å²) in [5.41, 5.74) is 0.492. The van der Waals surface area contributed by atoms with E-state index in [0.717, 1.165) is 7.11 Å². The van der Waals surface area contributed by atoms with E-state index in [1.165, 1.54) is 0 Å². The summed E-state index contributed by atoms with van der Waals surface area (Å²) in [6.07, 6.45) is -5.92. The Labute approximate surface area is 96.6 Å². The molecule has 0 aromatic heterocycles. The molecule has 1 atom stereocenters. The van der Waals surface area contributed by atoms with E-state index in [1.807, 2.05) is 0 Å². The predicted molar refractivity (Wildman–Crippen MR) is 55.5 cm³/mol. The van der Waals surface area contributed by atoms with Gasteiger partial charge >= 0.3 is 12.3 Å². The maximum absolute atomic E-state index is 12.6. The highest BCUT2D eigenvalue weighted by molar-refractivity contribution is 5.67. The average molecular weight is 247 g/mol. The number of ether oxygens (including phenoxy) is 1. The SMILES string of the molecule is COC(=O)NC(Cc1ccccc1)C(F)(F)F. The zero-order chi connectivity index (χ0) is 12.9. The molecule has 1 unspecified atom stereocenters. The molecule has 0 saturated carbocycles. The number of hydrogen-bond acceptors (Lipinski definition) is 2. The Morgan fingerprint density at radius 2 is 1.94 bits per heavy atom. The summed E-state index contributed by atoms with van der Waals surface area (Å²) >= 11 is 0. The van der Waals surface area contributed by atoms with Crippen LogP contribution < -0.4 is 5.32 Å². The van der Waals surface area contributed by atoms with Crippen molar-refractivity contribution in [1.29, 1.82) is 0 Å². The second-order valence-electron chi connectivity index (χ2n) is 3.42. The molecule has 0 aliphatic rings. The van der Waals surface area contributed by atoms with Gasteiger partial charge in [0, 0.05) is 6.42 Å². The Morgan fingerprint density at radius 1 is 1.35 bits per heavy atom. The summed E-state index contributed by atoms with van der Waals surface area (Å²) in [6, 6.07) is 6.18. The maximum atomic E-state index is 12.6. The molecular weight excluding hydrogens is 235 g/mol. The zero-order valence-electron chi connectivity index (χ0n) is 9.12. The fourth-order valence-electron chi connectivity index (χ4n) is 1.30. The fraction of sp³-hybridized carbons (Fsp3) is 0.364. The van der Waals surface area contributed by atoms with E-state index in [4.69, 9.17) is 0 Å². The summed E-state index contributed by atoms with van der Waals surface area (Å²) < 4.78 is 42.1. The quantitative estimate of drug-likeness (QED) is 0.891. The van der Waals surface area contributed by atoms with Crippen molar-refractivity contribution >= 4 is 6.09 Å². The molecule has 0 spiro atoms. The molecule has 1 aromatic carbocycles. The number of benzene rings is 1. The molecule has 1 aromatic rings. The van der Waals surface area contributed by atoms with Gasteiger partial charge in [0.25, 0.3) is 0 Å². The van der Waals surface area contributed by atoms with Crippen molar-refractivity contribution in [3.63, 3.8) is 0 Å². The lowest BCUT2D eigenvalue weighted by atomic mass is 10.1. The van der Waals surface area contributed by atoms with Crippen molar-refractivity contribution in [3.05, 3.63) is 35.9 Å². The smallest absolute Gasteiger partial charge is 0.409 e. The topological polar surface area (TPSA) is 38.3 Å². The number of carbonyl (C=O) groups excluding carboxylic acids is 1. The van der Waals surface area contributed by atoms with Gasteiger partial charge in [0.05, 0.1) is 7.11 Å². The van der Waals surface area contributed by atoms with Gasteiger partial charge in [-0.25, -0.2) is 4.79 Å². The lowest BCUT2D eigenvalue weighted by Gasteiger charge is -2.20. The number of alkyl halides is 3. The van der Waals surface area contributed by atoms with Gasteiger partial charge in [-0.05, 0) is 5.56 Å². The van der Waals surface area contributed by atoms with Gasteiger partial charge in [0.2, 0.25) is 0 Å². The Kier molecular flexibility index (Phi) is 4.37. The third-order valence-electron chi connectivity index (χ3n) is 2.16. The molecule has 3 nitrogen and oxygen atoms in total. The van der Waals surface area contributed by atoms with Crippen LogP contribution in [0.4, 0.5) is 18.0 Å². The molecule has 17 heavy (non-hydrogen) atoms.